The van der Waals surface area contributed by atoms with Gasteiger partial charge < -0.3 is 5.11 Å². The van der Waals surface area contributed by atoms with Gasteiger partial charge in [0.1, 0.15) is 5.54 Å². The second kappa shape index (κ2) is 4.26. The van der Waals surface area contributed by atoms with Gasteiger partial charge in [-0.3, -0.25) is 5.32 Å². The quantitative estimate of drug-likeness (QED) is 0.816. The van der Waals surface area contributed by atoms with Crippen LogP contribution < -0.4 is 5.32 Å². The minimum absolute atomic E-state index is 0.667. The van der Waals surface area contributed by atoms with Crippen LogP contribution in [0.4, 0.5) is 0 Å². The van der Waals surface area contributed by atoms with Gasteiger partial charge in [0, 0.05) is 0 Å². The van der Waals surface area contributed by atoms with Gasteiger partial charge in [-0.25, -0.2) is 4.79 Å². The number of nitrogens with one attached hydrogen (secondary N) is 1. The number of carboxylic acids is 1. The SMILES string of the molecule is CCNC1(C(=O)O)CCCc2ccccc21. The molecular weight excluding hydrogens is 202 g/mol. The summed E-state index contributed by atoms with van der Waals surface area (Å²) in [5.74, 6) is -0.762. The second-order valence-corrected chi connectivity index (χ2v) is 4.25. The first-order chi connectivity index (χ1) is 7.70. The maximum absolute atomic E-state index is 11.6. The predicted molar refractivity (Wildman–Crippen MR) is 62.4 cm³/mol. The molecule has 3 heteroatoms. The largest absolute Gasteiger partial charge is 0.480 e. The Morgan fingerprint density at radius 1 is 1.50 bits per heavy atom. The van der Waals surface area contributed by atoms with Gasteiger partial charge in [0.25, 0.3) is 0 Å². The Morgan fingerprint density at radius 2 is 2.25 bits per heavy atom. The fourth-order valence-electron chi connectivity index (χ4n) is 2.62. The van der Waals surface area contributed by atoms with Crippen molar-refractivity contribution < 1.29 is 9.90 Å². The van der Waals surface area contributed by atoms with Crippen LogP contribution in [0.5, 0.6) is 0 Å². The van der Waals surface area contributed by atoms with Crippen LogP contribution in [0.2, 0.25) is 0 Å². The summed E-state index contributed by atoms with van der Waals surface area (Å²) in [6.07, 6.45) is 2.58. The van der Waals surface area contributed by atoms with Crippen molar-refractivity contribution in [1.82, 2.24) is 5.32 Å². The molecule has 0 spiro atoms. The Kier molecular flexibility index (Phi) is 2.97. The standard InChI is InChI=1S/C13H17NO2/c1-2-14-13(12(15)16)9-5-7-10-6-3-4-8-11(10)13/h3-4,6,8,14H,2,5,7,9H2,1H3,(H,15,16). The highest BCUT2D eigenvalue weighted by molar-refractivity contribution is 5.81. The van der Waals surface area contributed by atoms with Crippen molar-refractivity contribution in [3.05, 3.63) is 35.4 Å². The zero-order valence-electron chi connectivity index (χ0n) is 9.49. The fourth-order valence-corrected chi connectivity index (χ4v) is 2.62. The molecule has 0 amide bonds. The average molecular weight is 219 g/mol. The summed E-state index contributed by atoms with van der Waals surface area (Å²) in [6, 6.07) is 7.86. The number of rotatable bonds is 3. The molecule has 16 heavy (non-hydrogen) atoms. The molecule has 1 aliphatic carbocycles. The van der Waals surface area contributed by atoms with Crippen LogP contribution in [-0.2, 0) is 16.8 Å². The molecule has 86 valence electrons. The Balaban J connectivity index is 2.52. The number of aliphatic carboxylic acids is 1. The van der Waals surface area contributed by atoms with E-state index in [1.165, 1.54) is 0 Å². The number of benzene rings is 1. The molecule has 0 heterocycles. The van der Waals surface area contributed by atoms with Gasteiger partial charge in [0.15, 0.2) is 0 Å². The van der Waals surface area contributed by atoms with E-state index in [4.69, 9.17) is 0 Å². The van der Waals surface area contributed by atoms with Gasteiger partial charge in [-0.1, -0.05) is 31.2 Å². The third-order valence-corrected chi connectivity index (χ3v) is 3.32. The molecule has 0 saturated carbocycles. The maximum Gasteiger partial charge on any atom is 0.328 e. The van der Waals surface area contributed by atoms with Gasteiger partial charge in [0.2, 0.25) is 0 Å². The molecule has 0 saturated heterocycles. The molecule has 1 aromatic carbocycles. The summed E-state index contributed by atoms with van der Waals surface area (Å²) in [5, 5.41) is 12.7. The van der Waals surface area contributed by atoms with E-state index < -0.39 is 11.5 Å². The summed E-state index contributed by atoms with van der Waals surface area (Å²) in [6.45, 7) is 2.61. The summed E-state index contributed by atoms with van der Waals surface area (Å²) < 4.78 is 0. The molecular formula is C13H17NO2. The maximum atomic E-state index is 11.6. The van der Waals surface area contributed by atoms with Crippen molar-refractivity contribution in [3.8, 4) is 0 Å². The minimum Gasteiger partial charge on any atom is -0.480 e. The summed E-state index contributed by atoms with van der Waals surface area (Å²) in [5.41, 5.74) is 1.23. The number of hydrogen-bond donors (Lipinski definition) is 2. The summed E-state index contributed by atoms with van der Waals surface area (Å²) in [7, 11) is 0. The van der Waals surface area contributed by atoms with Crippen molar-refractivity contribution in [2.75, 3.05) is 6.54 Å². The average Bonchev–Trinajstić information content (AvgIpc) is 2.29. The lowest BCUT2D eigenvalue weighted by Crippen LogP contribution is -2.51. The normalized spacial score (nSPS) is 23.8. The predicted octanol–water partition coefficient (Wildman–Crippen LogP) is 1.91. The lowest BCUT2D eigenvalue weighted by molar-refractivity contribution is -0.146. The highest BCUT2D eigenvalue weighted by Crippen LogP contribution is 2.35. The lowest BCUT2D eigenvalue weighted by Gasteiger charge is -2.36. The third-order valence-electron chi connectivity index (χ3n) is 3.32. The first-order valence-corrected chi connectivity index (χ1v) is 5.77. The smallest absolute Gasteiger partial charge is 0.328 e. The number of aryl methyl sites for hydroxylation is 1. The van der Waals surface area contributed by atoms with E-state index in [1.54, 1.807) is 0 Å². The molecule has 0 aromatic heterocycles. The van der Waals surface area contributed by atoms with E-state index in [-0.39, 0.29) is 0 Å². The summed E-state index contributed by atoms with van der Waals surface area (Å²) >= 11 is 0. The van der Waals surface area contributed by atoms with Crippen molar-refractivity contribution in [2.45, 2.75) is 31.7 Å². The number of hydrogen-bond acceptors (Lipinski definition) is 2. The Labute approximate surface area is 95.5 Å². The van der Waals surface area contributed by atoms with Crippen molar-refractivity contribution in [3.63, 3.8) is 0 Å². The van der Waals surface area contributed by atoms with Crippen molar-refractivity contribution >= 4 is 5.97 Å². The fraction of sp³-hybridized carbons (Fsp3) is 0.462. The number of fused-ring (bicyclic) bond motifs is 1. The molecule has 0 fully saturated rings. The first-order valence-electron chi connectivity index (χ1n) is 5.77. The van der Waals surface area contributed by atoms with Gasteiger partial charge in [-0.05, 0) is 36.9 Å². The molecule has 2 N–H and O–H groups in total. The lowest BCUT2D eigenvalue weighted by atomic mass is 9.76. The van der Waals surface area contributed by atoms with Crippen LogP contribution in [0.3, 0.4) is 0 Å². The monoisotopic (exact) mass is 219 g/mol. The van der Waals surface area contributed by atoms with Crippen LogP contribution in [0, 0.1) is 0 Å². The van der Waals surface area contributed by atoms with Crippen molar-refractivity contribution in [2.24, 2.45) is 0 Å². The number of carbonyl (C=O) groups is 1. The summed E-state index contributed by atoms with van der Waals surface area (Å²) in [4.78, 5) is 11.6. The molecule has 2 rings (SSSR count). The Hall–Kier alpha value is -1.35. The van der Waals surface area contributed by atoms with E-state index in [0.717, 1.165) is 24.0 Å². The molecule has 1 atom stereocenters. The van der Waals surface area contributed by atoms with Crippen LogP contribution in [-0.4, -0.2) is 17.6 Å². The first kappa shape index (κ1) is 11.1. The zero-order chi connectivity index (χ0) is 11.6. The Morgan fingerprint density at radius 3 is 2.94 bits per heavy atom. The van der Waals surface area contributed by atoms with E-state index >= 15 is 0 Å². The zero-order valence-corrected chi connectivity index (χ0v) is 9.49. The van der Waals surface area contributed by atoms with Gasteiger partial charge in [0.05, 0.1) is 0 Å². The van der Waals surface area contributed by atoms with E-state index in [0.29, 0.717) is 13.0 Å². The molecule has 1 unspecified atom stereocenters. The van der Waals surface area contributed by atoms with E-state index in [1.807, 2.05) is 31.2 Å². The van der Waals surface area contributed by atoms with Crippen LogP contribution in [0.25, 0.3) is 0 Å². The molecule has 3 nitrogen and oxygen atoms in total. The minimum atomic E-state index is -0.871. The molecule has 0 aliphatic heterocycles. The van der Waals surface area contributed by atoms with Gasteiger partial charge >= 0.3 is 5.97 Å². The highest BCUT2D eigenvalue weighted by Gasteiger charge is 2.42. The van der Waals surface area contributed by atoms with Crippen LogP contribution in [0.15, 0.2) is 24.3 Å². The molecule has 0 radical (unpaired) electrons. The van der Waals surface area contributed by atoms with E-state index in [2.05, 4.69) is 5.32 Å². The van der Waals surface area contributed by atoms with E-state index in [9.17, 15) is 9.90 Å². The highest BCUT2D eigenvalue weighted by atomic mass is 16.4. The Bertz CT molecular complexity index is 403. The molecule has 0 bridgehead atoms. The van der Waals surface area contributed by atoms with Gasteiger partial charge in [-0.15, -0.1) is 0 Å². The van der Waals surface area contributed by atoms with Crippen LogP contribution in [0.1, 0.15) is 30.9 Å². The molecule has 1 aromatic rings. The molecule has 1 aliphatic rings. The second-order valence-electron chi connectivity index (χ2n) is 4.25. The van der Waals surface area contributed by atoms with Crippen molar-refractivity contribution in [1.29, 1.82) is 0 Å². The van der Waals surface area contributed by atoms with Gasteiger partial charge in [-0.2, -0.15) is 0 Å². The topological polar surface area (TPSA) is 49.3 Å². The third kappa shape index (κ3) is 1.61. The van der Waals surface area contributed by atoms with Crippen LogP contribution >= 0.6 is 0 Å². The number of likely N-dealkylation sites (N-methyl/N-ethyl adjacent to an activating group) is 1. The number of carboxylic acid groups (broad SMARTS) is 1.